The van der Waals surface area contributed by atoms with E-state index >= 15 is 0 Å². The van der Waals surface area contributed by atoms with Crippen LogP contribution in [0.5, 0.6) is 5.75 Å². The van der Waals surface area contributed by atoms with Crippen molar-refractivity contribution in [2.24, 2.45) is 0 Å². The summed E-state index contributed by atoms with van der Waals surface area (Å²) in [5, 5.41) is 10.0. The number of benzene rings is 2. The van der Waals surface area contributed by atoms with E-state index in [4.69, 9.17) is 9.15 Å². The van der Waals surface area contributed by atoms with Gasteiger partial charge in [-0.3, -0.25) is 4.79 Å². The van der Waals surface area contributed by atoms with Crippen molar-refractivity contribution in [1.82, 2.24) is 4.90 Å². The zero-order chi connectivity index (χ0) is 21.3. The van der Waals surface area contributed by atoms with Gasteiger partial charge in [0.25, 0.3) is 5.91 Å². The number of aliphatic carboxylic acids is 1. The Bertz CT molecular complexity index is 1150. The van der Waals surface area contributed by atoms with E-state index in [-0.39, 0.29) is 5.91 Å². The first kappa shape index (κ1) is 19.7. The minimum atomic E-state index is -1.01. The molecule has 1 aromatic heterocycles. The predicted molar refractivity (Wildman–Crippen MR) is 110 cm³/mol. The zero-order valence-electron chi connectivity index (χ0n) is 16.4. The Morgan fingerprint density at radius 1 is 1.17 bits per heavy atom. The molecule has 0 bridgehead atoms. The van der Waals surface area contributed by atoms with Gasteiger partial charge in [0.2, 0.25) is 0 Å². The number of carbonyl (C=O) groups excluding carboxylic acids is 1. The number of carbonyl (C=O) groups is 2. The lowest BCUT2D eigenvalue weighted by molar-refractivity contribution is -0.150. The predicted octanol–water partition coefficient (Wildman–Crippen LogP) is 3.30. The monoisotopic (exact) mass is 407 g/mol. The van der Waals surface area contributed by atoms with E-state index in [1.54, 1.807) is 25.1 Å². The smallest absolute Gasteiger partial charge is 0.336 e. The lowest BCUT2D eigenvalue weighted by Gasteiger charge is -2.25. The summed E-state index contributed by atoms with van der Waals surface area (Å²) in [7, 11) is 0. The van der Waals surface area contributed by atoms with Crippen molar-refractivity contribution in [3.8, 4) is 16.9 Å². The number of nitrogens with zero attached hydrogens (tertiary/aromatic N) is 1. The van der Waals surface area contributed by atoms with Gasteiger partial charge in [-0.25, -0.2) is 9.59 Å². The number of hydrogen-bond donors (Lipinski definition) is 1. The molecular formula is C23H21NO6. The third-order valence-corrected chi connectivity index (χ3v) is 5.28. The van der Waals surface area contributed by atoms with Gasteiger partial charge in [0.05, 0.1) is 0 Å². The van der Waals surface area contributed by atoms with Gasteiger partial charge >= 0.3 is 11.6 Å². The second-order valence-corrected chi connectivity index (χ2v) is 7.29. The average Bonchev–Trinajstić information content (AvgIpc) is 3.23. The third kappa shape index (κ3) is 3.78. The summed E-state index contributed by atoms with van der Waals surface area (Å²) in [4.78, 5) is 37.5. The maximum atomic E-state index is 12.7. The van der Waals surface area contributed by atoms with Crippen molar-refractivity contribution < 1.29 is 23.8 Å². The van der Waals surface area contributed by atoms with Crippen LogP contribution in [-0.2, 0) is 9.59 Å². The van der Waals surface area contributed by atoms with Crippen molar-refractivity contribution in [3.05, 3.63) is 65.0 Å². The minimum absolute atomic E-state index is 0.350. The Balaban J connectivity index is 1.60. The second kappa shape index (κ2) is 8.02. The molecule has 1 saturated heterocycles. The number of likely N-dealkylation sites (tertiary alicyclic amines) is 1. The fourth-order valence-corrected chi connectivity index (χ4v) is 3.85. The highest BCUT2D eigenvalue weighted by molar-refractivity contribution is 5.94. The first-order valence-corrected chi connectivity index (χ1v) is 9.77. The fraction of sp³-hybridized carbons (Fsp3) is 0.261. The van der Waals surface area contributed by atoms with Crippen LogP contribution in [0.4, 0.5) is 0 Å². The molecule has 0 aliphatic carbocycles. The number of fused-ring (bicyclic) bond motifs is 1. The first-order chi connectivity index (χ1) is 14.4. The van der Waals surface area contributed by atoms with Gasteiger partial charge in [0.15, 0.2) is 6.10 Å². The maximum absolute atomic E-state index is 12.7. The normalized spacial score (nSPS) is 17.1. The molecule has 4 rings (SSSR count). The fourth-order valence-electron chi connectivity index (χ4n) is 3.85. The molecule has 1 unspecified atom stereocenters. The number of ether oxygens (including phenoxy) is 1. The molecule has 7 nitrogen and oxygen atoms in total. The maximum Gasteiger partial charge on any atom is 0.336 e. The van der Waals surface area contributed by atoms with Crippen LogP contribution in [0.1, 0.15) is 19.8 Å². The van der Waals surface area contributed by atoms with Crippen molar-refractivity contribution in [3.63, 3.8) is 0 Å². The van der Waals surface area contributed by atoms with E-state index in [9.17, 15) is 19.5 Å². The van der Waals surface area contributed by atoms with E-state index in [1.165, 1.54) is 11.0 Å². The molecule has 1 fully saturated rings. The zero-order valence-corrected chi connectivity index (χ0v) is 16.4. The molecule has 0 spiro atoms. The number of amides is 1. The summed E-state index contributed by atoms with van der Waals surface area (Å²) in [6, 6.07) is 15.2. The van der Waals surface area contributed by atoms with Crippen LogP contribution in [0.15, 0.2) is 63.8 Å². The van der Waals surface area contributed by atoms with Gasteiger partial charge in [-0.05, 0) is 43.0 Å². The standard InChI is InChI=1S/C23H21NO6/c1-14(22(26)24-11-5-8-19(24)23(27)28)29-16-9-10-17-18(15-6-3-2-4-7-15)13-21(25)30-20(17)12-16/h2-4,6-7,9-10,12-14,19H,5,8,11H2,1H3,(H,27,28)/t14-,19?/m1/s1. The molecule has 1 N–H and O–H groups in total. The molecule has 7 heteroatoms. The van der Waals surface area contributed by atoms with Crippen LogP contribution < -0.4 is 10.4 Å². The van der Waals surface area contributed by atoms with E-state index in [0.717, 1.165) is 16.5 Å². The largest absolute Gasteiger partial charge is 0.481 e. The molecule has 30 heavy (non-hydrogen) atoms. The average molecular weight is 407 g/mol. The molecule has 2 atom stereocenters. The topological polar surface area (TPSA) is 97.0 Å². The molecule has 2 heterocycles. The Morgan fingerprint density at radius 2 is 1.93 bits per heavy atom. The van der Waals surface area contributed by atoms with Crippen molar-refractivity contribution >= 4 is 22.8 Å². The van der Waals surface area contributed by atoms with E-state index in [2.05, 4.69) is 0 Å². The summed E-state index contributed by atoms with van der Waals surface area (Å²) in [6.45, 7) is 1.98. The Hall–Kier alpha value is -3.61. The first-order valence-electron chi connectivity index (χ1n) is 9.77. The highest BCUT2D eigenvalue weighted by atomic mass is 16.5. The van der Waals surface area contributed by atoms with Crippen LogP contribution in [0.3, 0.4) is 0 Å². The van der Waals surface area contributed by atoms with Gasteiger partial charge in [0, 0.05) is 24.1 Å². The number of carboxylic acid groups (broad SMARTS) is 1. The number of carboxylic acids is 1. The lowest BCUT2D eigenvalue weighted by atomic mass is 10.0. The van der Waals surface area contributed by atoms with Crippen LogP contribution in [0.2, 0.25) is 0 Å². The molecule has 0 radical (unpaired) electrons. The lowest BCUT2D eigenvalue weighted by Crippen LogP contribution is -2.46. The molecule has 2 aromatic carbocycles. The number of rotatable bonds is 5. The molecule has 0 saturated carbocycles. The number of hydrogen-bond acceptors (Lipinski definition) is 5. The highest BCUT2D eigenvalue weighted by Gasteiger charge is 2.36. The summed E-state index contributed by atoms with van der Waals surface area (Å²) >= 11 is 0. The van der Waals surface area contributed by atoms with E-state index < -0.39 is 23.7 Å². The van der Waals surface area contributed by atoms with Gasteiger partial charge in [-0.2, -0.15) is 0 Å². The van der Waals surface area contributed by atoms with Gasteiger partial charge in [0.1, 0.15) is 17.4 Å². The van der Waals surface area contributed by atoms with Crippen LogP contribution in [0, 0.1) is 0 Å². The third-order valence-electron chi connectivity index (χ3n) is 5.28. The quantitative estimate of drug-likeness (QED) is 0.652. The molecule has 154 valence electrons. The summed E-state index contributed by atoms with van der Waals surface area (Å²) in [5.41, 5.74) is 1.51. The Kier molecular flexibility index (Phi) is 5.27. The van der Waals surface area contributed by atoms with Gasteiger partial charge in [-0.15, -0.1) is 0 Å². The molecule has 1 aliphatic rings. The van der Waals surface area contributed by atoms with Gasteiger partial charge in [-0.1, -0.05) is 30.3 Å². The van der Waals surface area contributed by atoms with E-state index in [0.29, 0.717) is 30.7 Å². The van der Waals surface area contributed by atoms with Crippen molar-refractivity contribution in [2.75, 3.05) is 6.54 Å². The van der Waals surface area contributed by atoms with Crippen molar-refractivity contribution in [1.29, 1.82) is 0 Å². The van der Waals surface area contributed by atoms with Gasteiger partial charge < -0.3 is 19.2 Å². The highest BCUT2D eigenvalue weighted by Crippen LogP contribution is 2.30. The Morgan fingerprint density at radius 3 is 2.67 bits per heavy atom. The Labute approximate surface area is 172 Å². The summed E-state index contributed by atoms with van der Waals surface area (Å²) in [6.07, 6.45) is 0.224. The van der Waals surface area contributed by atoms with E-state index in [1.807, 2.05) is 30.3 Å². The van der Waals surface area contributed by atoms with Crippen molar-refractivity contribution in [2.45, 2.75) is 31.9 Å². The minimum Gasteiger partial charge on any atom is -0.481 e. The molecular weight excluding hydrogens is 386 g/mol. The molecule has 1 aliphatic heterocycles. The van der Waals surface area contributed by atoms with Crippen LogP contribution >= 0.6 is 0 Å². The SMILES string of the molecule is C[C@@H](Oc1ccc2c(-c3ccccc3)cc(=O)oc2c1)C(=O)N1CCCC1C(=O)O. The summed E-state index contributed by atoms with van der Waals surface area (Å²) in [5.74, 6) is -1.02. The molecule has 3 aromatic rings. The van der Waals surface area contributed by atoms with Crippen LogP contribution in [-0.4, -0.2) is 40.6 Å². The summed E-state index contributed by atoms with van der Waals surface area (Å²) < 4.78 is 11.1. The second-order valence-electron chi connectivity index (χ2n) is 7.29. The molecule has 1 amide bonds. The van der Waals surface area contributed by atoms with Crippen LogP contribution in [0.25, 0.3) is 22.1 Å².